The van der Waals surface area contributed by atoms with Gasteiger partial charge < -0.3 is 14.5 Å². The predicted molar refractivity (Wildman–Crippen MR) is 79.9 cm³/mol. The van der Waals surface area contributed by atoms with Crippen LogP contribution in [0.2, 0.25) is 0 Å². The number of rotatable bonds is 7. The summed E-state index contributed by atoms with van der Waals surface area (Å²) in [5, 5.41) is 16.2. The van der Waals surface area contributed by atoms with E-state index < -0.39 is 0 Å². The SMILES string of the molecule is CCOc1cc(C(=O)NCCc2nc(-c3ccco3)n[nH]2)[nH]n1. The molecule has 3 heterocycles. The molecule has 0 bridgehead atoms. The Morgan fingerprint density at radius 1 is 1.39 bits per heavy atom. The van der Waals surface area contributed by atoms with Crippen molar-refractivity contribution in [3.05, 3.63) is 36.0 Å². The van der Waals surface area contributed by atoms with E-state index in [2.05, 4.69) is 30.7 Å². The highest BCUT2D eigenvalue weighted by Crippen LogP contribution is 2.14. The van der Waals surface area contributed by atoms with E-state index in [1.54, 1.807) is 24.5 Å². The smallest absolute Gasteiger partial charge is 0.269 e. The number of amides is 1. The zero-order valence-corrected chi connectivity index (χ0v) is 12.5. The summed E-state index contributed by atoms with van der Waals surface area (Å²) in [6.45, 7) is 2.76. The predicted octanol–water partition coefficient (Wildman–Crippen LogP) is 1.16. The summed E-state index contributed by atoms with van der Waals surface area (Å²) < 4.78 is 10.4. The highest BCUT2D eigenvalue weighted by Gasteiger charge is 2.11. The summed E-state index contributed by atoms with van der Waals surface area (Å²) >= 11 is 0. The molecule has 0 aliphatic heterocycles. The Kier molecular flexibility index (Phi) is 4.37. The van der Waals surface area contributed by atoms with Crippen LogP contribution in [0.1, 0.15) is 23.2 Å². The second-order valence-electron chi connectivity index (χ2n) is 4.64. The van der Waals surface area contributed by atoms with Gasteiger partial charge in [0.2, 0.25) is 11.7 Å². The molecule has 0 fully saturated rings. The lowest BCUT2D eigenvalue weighted by Gasteiger charge is -2.00. The van der Waals surface area contributed by atoms with Crippen molar-refractivity contribution in [1.82, 2.24) is 30.7 Å². The van der Waals surface area contributed by atoms with E-state index in [1.807, 2.05) is 6.92 Å². The number of hydrogen-bond donors (Lipinski definition) is 3. The first-order valence-electron chi connectivity index (χ1n) is 7.18. The van der Waals surface area contributed by atoms with Crippen molar-refractivity contribution < 1.29 is 13.9 Å². The molecule has 0 atom stereocenters. The number of carbonyl (C=O) groups is 1. The standard InChI is InChI=1S/C14H16N6O3/c1-2-22-12-8-9(17-19-12)14(21)15-6-5-11-16-13(20-18-11)10-4-3-7-23-10/h3-4,7-8H,2,5-6H2,1H3,(H,15,21)(H,17,19)(H,16,18,20). The zero-order chi connectivity index (χ0) is 16.1. The van der Waals surface area contributed by atoms with Gasteiger partial charge in [-0.1, -0.05) is 0 Å². The van der Waals surface area contributed by atoms with Crippen molar-refractivity contribution in [2.75, 3.05) is 13.2 Å². The largest absolute Gasteiger partial charge is 0.477 e. The Balaban J connectivity index is 1.50. The van der Waals surface area contributed by atoms with Gasteiger partial charge in [-0.15, -0.1) is 5.10 Å². The number of nitrogens with one attached hydrogen (secondary N) is 3. The van der Waals surface area contributed by atoms with Crippen LogP contribution < -0.4 is 10.1 Å². The van der Waals surface area contributed by atoms with Gasteiger partial charge in [0, 0.05) is 19.0 Å². The van der Waals surface area contributed by atoms with Crippen molar-refractivity contribution in [2.45, 2.75) is 13.3 Å². The lowest BCUT2D eigenvalue weighted by Crippen LogP contribution is -2.26. The van der Waals surface area contributed by atoms with Crippen LogP contribution in [0.4, 0.5) is 0 Å². The highest BCUT2D eigenvalue weighted by atomic mass is 16.5. The number of aromatic nitrogens is 5. The van der Waals surface area contributed by atoms with E-state index in [0.29, 0.717) is 48.6 Å². The molecule has 0 saturated heterocycles. The fourth-order valence-corrected chi connectivity index (χ4v) is 1.95. The highest BCUT2D eigenvalue weighted by molar-refractivity contribution is 5.92. The maximum absolute atomic E-state index is 11.9. The number of H-pyrrole nitrogens is 2. The zero-order valence-electron chi connectivity index (χ0n) is 12.5. The van der Waals surface area contributed by atoms with Gasteiger partial charge in [0.25, 0.3) is 5.91 Å². The molecule has 0 radical (unpaired) electrons. The average molecular weight is 316 g/mol. The quantitative estimate of drug-likeness (QED) is 0.601. The summed E-state index contributed by atoms with van der Waals surface area (Å²) in [5.74, 6) is 1.89. The molecule has 3 N–H and O–H groups in total. The van der Waals surface area contributed by atoms with Crippen LogP contribution in [-0.4, -0.2) is 44.4 Å². The molecule has 0 saturated carbocycles. The minimum absolute atomic E-state index is 0.255. The third-order valence-electron chi connectivity index (χ3n) is 3.01. The summed E-state index contributed by atoms with van der Waals surface area (Å²) in [6, 6.07) is 5.11. The minimum Gasteiger partial charge on any atom is -0.477 e. The van der Waals surface area contributed by atoms with E-state index in [-0.39, 0.29) is 5.91 Å². The van der Waals surface area contributed by atoms with E-state index in [0.717, 1.165) is 0 Å². The van der Waals surface area contributed by atoms with Gasteiger partial charge in [-0.25, -0.2) is 4.98 Å². The summed E-state index contributed by atoms with van der Waals surface area (Å²) in [7, 11) is 0. The van der Waals surface area contributed by atoms with Crippen molar-refractivity contribution in [2.24, 2.45) is 0 Å². The average Bonchev–Trinajstić information content (AvgIpc) is 3.28. The van der Waals surface area contributed by atoms with Crippen LogP contribution in [-0.2, 0) is 6.42 Å². The molecule has 0 aliphatic rings. The summed E-state index contributed by atoms with van der Waals surface area (Å²) in [4.78, 5) is 16.2. The Bertz CT molecular complexity index is 761. The molecular weight excluding hydrogens is 300 g/mol. The Labute approximate surface area is 131 Å². The Morgan fingerprint density at radius 3 is 3.09 bits per heavy atom. The molecule has 9 heteroatoms. The van der Waals surface area contributed by atoms with Crippen molar-refractivity contribution in [3.63, 3.8) is 0 Å². The molecular formula is C14H16N6O3. The lowest BCUT2D eigenvalue weighted by atomic mass is 10.3. The van der Waals surface area contributed by atoms with Crippen molar-refractivity contribution in [1.29, 1.82) is 0 Å². The third-order valence-corrected chi connectivity index (χ3v) is 3.01. The summed E-state index contributed by atoms with van der Waals surface area (Å²) in [5.41, 5.74) is 0.349. The summed E-state index contributed by atoms with van der Waals surface area (Å²) in [6.07, 6.45) is 2.08. The minimum atomic E-state index is -0.255. The molecule has 3 aromatic rings. The van der Waals surface area contributed by atoms with Gasteiger partial charge in [0.15, 0.2) is 5.76 Å². The number of carbonyl (C=O) groups excluding carboxylic acids is 1. The lowest BCUT2D eigenvalue weighted by molar-refractivity contribution is 0.0949. The second kappa shape index (κ2) is 6.77. The molecule has 0 aromatic carbocycles. The number of hydrogen-bond acceptors (Lipinski definition) is 6. The molecule has 0 spiro atoms. The van der Waals surface area contributed by atoms with Crippen LogP contribution in [0.5, 0.6) is 5.88 Å². The fourth-order valence-electron chi connectivity index (χ4n) is 1.95. The third kappa shape index (κ3) is 3.57. The maximum atomic E-state index is 11.9. The molecule has 3 aromatic heterocycles. The topological polar surface area (TPSA) is 122 Å². The van der Waals surface area contributed by atoms with Crippen molar-refractivity contribution >= 4 is 5.91 Å². The van der Waals surface area contributed by atoms with Crippen LogP contribution in [0.25, 0.3) is 11.6 Å². The first-order chi connectivity index (χ1) is 11.3. The van der Waals surface area contributed by atoms with E-state index in [9.17, 15) is 4.79 Å². The van der Waals surface area contributed by atoms with Crippen LogP contribution in [0.3, 0.4) is 0 Å². The van der Waals surface area contributed by atoms with Gasteiger partial charge >= 0.3 is 0 Å². The Hall–Kier alpha value is -3.10. The molecule has 120 valence electrons. The molecule has 1 amide bonds. The van der Waals surface area contributed by atoms with Crippen LogP contribution in [0, 0.1) is 0 Å². The Morgan fingerprint density at radius 2 is 2.30 bits per heavy atom. The molecule has 0 unspecified atom stereocenters. The van der Waals surface area contributed by atoms with Gasteiger partial charge in [-0.2, -0.15) is 5.10 Å². The van der Waals surface area contributed by atoms with E-state index in [1.165, 1.54) is 0 Å². The number of ether oxygens (including phenoxy) is 1. The molecule has 0 aliphatic carbocycles. The maximum Gasteiger partial charge on any atom is 0.269 e. The monoisotopic (exact) mass is 316 g/mol. The fraction of sp³-hybridized carbons (Fsp3) is 0.286. The molecule has 9 nitrogen and oxygen atoms in total. The normalized spacial score (nSPS) is 10.7. The van der Waals surface area contributed by atoms with Crippen LogP contribution >= 0.6 is 0 Å². The van der Waals surface area contributed by atoms with Gasteiger partial charge in [-0.05, 0) is 19.1 Å². The number of aromatic amines is 2. The van der Waals surface area contributed by atoms with Gasteiger partial charge in [-0.3, -0.25) is 15.0 Å². The molecule has 3 rings (SSSR count). The van der Waals surface area contributed by atoms with E-state index in [4.69, 9.17) is 9.15 Å². The first-order valence-corrected chi connectivity index (χ1v) is 7.18. The first kappa shape index (κ1) is 14.8. The number of nitrogens with zero attached hydrogens (tertiary/aromatic N) is 3. The second-order valence-corrected chi connectivity index (χ2v) is 4.64. The van der Waals surface area contributed by atoms with Gasteiger partial charge in [0.05, 0.1) is 12.9 Å². The number of furan rings is 1. The molecule has 23 heavy (non-hydrogen) atoms. The van der Waals surface area contributed by atoms with Crippen molar-refractivity contribution in [3.8, 4) is 17.5 Å². The van der Waals surface area contributed by atoms with E-state index >= 15 is 0 Å². The van der Waals surface area contributed by atoms with Gasteiger partial charge in [0.1, 0.15) is 11.5 Å². The van der Waals surface area contributed by atoms with Crippen LogP contribution in [0.15, 0.2) is 28.9 Å².